The molecule has 0 amide bonds. The molecule has 122 valence electrons. The molecule has 1 aromatic heterocycles. The first-order valence-corrected chi connectivity index (χ1v) is 9.18. The molecular weight excluding hydrogens is 324 g/mol. The fourth-order valence-electron chi connectivity index (χ4n) is 3.11. The van der Waals surface area contributed by atoms with E-state index in [1.807, 2.05) is 30.3 Å². The summed E-state index contributed by atoms with van der Waals surface area (Å²) in [4.78, 5) is 14.5. The van der Waals surface area contributed by atoms with Gasteiger partial charge in [-0.3, -0.25) is 4.79 Å². The Balaban J connectivity index is 1.72. The molecule has 4 rings (SSSR count). The highest BCUT2D eigenvalue weighted by Crippen LogP contribution is 2.25. The van der Waals surface area contributed by atoms with Crippen LogP contribution in [0.1, 0.15) is 11.3 Å². The highest BCUT2D eigenvalue weighted by atomic mass is 32.2. The average molecular weight is 340 g/mol. The summed E-state index contributed by atoms with van der Waals surface area (Å²) in [6, 6.07) is 16.0. The zero-order chi connectivity index (χ0) is 16.7. The van der Waals surface area contributed by atoms with Gasteiger partial charge in [0.25, 0.3) is 0 Å². The Hall–Kier alpha value is -2.44. The van der Waals surface area contributed by atoms with E-state index in [0.717, 1.165) is 22.0 Å². The molecule has 24 heavy (non-hydrogen) atoms. The Labute approximate surface area is 139 Å². The van der Waals surface area contributed by atoms with E-state index in [0.29, 0.717) is 17.9 Å². The molecule has 0 atom stereocenters. The standard InChI is InChI=1S/C18H16N2O3S/c21-18-8-6-15-12-20(10-9-17(15)19-18)24(22,23)16-7-5-13-3-1-2-4-14(13)11-16/h1-8,11H,9-10,12H2,(H,19,21). The van der Waals surface area contributed by atoms with E-state index in [9.17, 15) is 13.2 Å². The number of rotatable bonds is 2. The van der Waals surface area contributed by atoms with Gasteiger partial charge in [0.1, 0.15) is 0 Å². The van der Waals surface area contributed by atoms with Crippen LogP contribution in [0.3, 0.4) is 0 Å². The molecule has 0 saturated carbocycles. The summed E-state index contributed by atoms with van der Waals surface area (Å²) in [7, 11) is -3.57. The number of H-pyrrole nitrogens is 1. The topological polar surface area (TPSA) is 70.2 Å². The lowest BCUT2D eigenvalue weighted by molar-refractivity contribution is 0.387. The number of pyridine rings is 1. The summed E-state index contributed by atoms with van der Waals surface area (Å²) in [6.07, 6.45) is 0.512. The molecule has 2 heterocycles. The van der Waals surface area contributed by atoms with Gasteiger partial charge >= 0.3 is 0 Å². The predicted molar refractivity (Wildman–Crippen MR) is 92.3 cm³/mol. The highest BCUT2D eigenvalue weighted by molar-refractivity contribution is 7.89. The van der Waals surface area contributed by atoms with Crippen LogP contribution in [0.5, 0.6) is 0 Å². The second-order valence-corrected chi connectivity index (χ2v) is 7.86. The Kier molecular flexibility index (Phi) is 3.51. The van der Waals surface area contributed by atoms with Gasteiger partial charge in [-0.2, -0.15) is 4.31 Å². The molecule has 1 aliphatic rings. The summed E-state index contributed by atoms with van der Waals surface area (Å²) < 4.78 is 27.4. The maximum absolute atomic E-state index is 13.0. The Bertz CT molecular complexity index is 1090. The first-order valence-electron chi connectivity index (χ1n) is 7.74. The van der Waals surface area contributed by atoms with Crippen molar-refractivity contribution in [3.8, 4) is 0 Å². The van der Waals surface area contributed by atoms with Crippen molar-refractivity contribution in [3.05, 3.63) is 76.2 Å². The van der Waals surface area contributed by atoms with Crippen molar-refractivity contribution in [2.24, 2.45) is 0 Å². The second-order valence-electron chi connectivity index (χ2n) is 5.92. The highest BCUT2D eigenvalue weighted by Gasteiger charge is 2.28. The minimum Gasteiger partial charge on any atom is -0.326 e. The molecule has 0 bridgehead atoms. The number of hydrogen-bond donors (Lipinski definition) is 1. The fraction of sp³-hybridized carbons (Fsp3) is 0.167. The van der Waals surface area contributed by atoms with Gasteiger partial charge in [-0.25, -0.2) is 8.42 Å². The van der Waals surface area contributed by atoms with E-state index in [1.54, 1.807) is 18.2 Å². The lowest BCUT2D eigenvalue weighted by Crippen LogP contribution is -2.37. The van der Waals surface area contributed by atoms with Crippen LogP contribution in [0.4, 0.5) is 0 Å². The quantitative estimate of drug-likeness (QED) is 0.778. The summed E-state index contributed by atoms with van der Waals surface area (Å²) >= 11 is 0. The third kappa shape index (κ3) is 2.53. The largest absolute Gasteiger partial charge is 0.326 e. The SMILES string of the molecule is O=c1ccc2c([nH]1)CCN(S(=O)(=O)c1ccc3ccccc3c1)C2. The van der Waals surface area contributed by atoms with Crippen LogP contribution in [-0.4, -0.2) is 24.3 Å². The maximum Gasteiger partial charge on any atom is 0.248 e. The molecule has 6 heteroatoms. The molecule has 1 N–H and O–H groups in total. The molecule has 0 unspecified atom stereocenters. The van der Waals surface area contributed by atoms with Crippen molar-refractivity contribution in [1.82, 2.24) is 9.29 Å². The third-order valence-electron chi connectivity index (χ3n) is 4.41. The number of aromatic nitrogens is 1. The minimum atomic E-state index is -3.57. The number of benzene rings is 2. The van der Waals surface area contributed by atoms with Crippen molar-refractivity contribution < 1.29 is 8.42 Å². The van der Waals surface area contributed by atoms with Crippen LogP contribution < -0.4 is 5.56 Å². The number of fused-ring (bicyclic) bond motifs is 2. The molecular formula is C18H16N2O3S. The van der Waals surface area contributed by atoms with Gasteiger partial charge in [0.05, 0.1) is 4.90 Å². The average Bonchev–Trinajstić information content (AvgIpc) is 2.60. The summed E-state index contributed by atoms with van der Waals surface area (Å²) in [5, 5.41) is 1.92. The number of nitrogens with zero attached hydrogens (tertiary/aromatic N) is 1. The van der Waals surface area contributed by atoms with Gasteiger partial charge in [0.15, 0.2) is 0 Å². The zero-order valence-electron chi connectivity index (χ0n) is 12.9. The van der Waals surface area contributed by atoms with Crippen LogP contribution in [-0.2, 0) is 23.0 Å². The predicted octanol–water partition coefficient (Wildman–Crippen LogP) is 2.28. The number of sulfonamides is 1. The molecule has 2 aromatic carbocycles. The number of hydrogen-bond acceptors (Lipinski definition) is 3. The van der Waals surface area contributed by atoms with Gasteiger partial charge < -0.3 is 4.98 Å². The Morgan fingerprint density at radius 1 is 0.958 bits per heavy atom. The van der Waals surface area contributed by atoms with Crippen LogP contribution in [0.15, 0.2) is 64.3 Å². The van der Waals surface area contributed by atoms with Crippen molar-refractivity contribution in [2.45, 2.75) is 17.9 Å². The summed E-state index contributed by atoms with van der Waals surface area (Å²) in [5.41, 5.74) is 1.53. The second kappa shape index (κ2) is 5.58. The van der Waals surface area contributed by atoms with Crippen LogP contribution in [0.2, 0.25) is 0 Å². The van der Waals surface area contributed by atoms with Gasteiger partial charge in [-0.15, -0.1) is 0 Å². The summed E-state index contributed by atoms with van der Waals surface area (Å²) in [6.45, 7) is 0.642. The van der Waals surface area contributed by atoms with E-state index in [2.05, 4.69) is 4.98 Å². The van der Waals surface area contributed by atoms with E-state index >= 15 is 0 Å². The molecule has 5 nitrogen and oxygen atoms in total. The molecule has 1 aliphatic heterocycles. The number of nitrogens with one attached hydrogen (secondary N) is 1. The lowest BCUT2D eigenvalue weighted by Gasteiger charge is -2.27. The third-order valence-corrected chi connectivity index (χ3v) is 6.26. The van der Waals surface area contributed by atoms with E-state index < -0.39 is 10.0 Å². The van der Waals surface area contributed by atoms with Crippen LogP contribution in [0.25, 0.3) is 10.8 Å². The molecule has 0 aliphatic carbocycles. The maximum atomic E-state index is 13.0. The first kappa shape index (κ1) is 15.1. The number of aromatic amines is 1. The van der Waals surface area contributed by atoms with E-state index in [1.165, 1.54) is 10.4 Å². The van der Waals surface area contributed by atoms with Crippen molar-refractivity contribution in [1.29, 1.82) is 0 Å². The lowest BCUT2D eigenvalue weighted by atomic mass is 10.1. The Morgan fingerprint density at radius 3 is 2.58 bits per heavy atom. The zero-order valence-corrected chi connectivity index (χ0v) is 13.7. The molecule has 0 saturated heterocycles. The molecule has 0 radical (unpaired) electrons. The monoisotopic (exact) mass is 340 g/mol. The Morgan fingerprint density at radius 2 is 1.75 bits per heavy atom. The van der Waals surface area contributed by atoms with Crippen molar-refractivity contribution in [2.75, 3.05) is 6.54 Å². The van der Waals surface area contributed by atoms with Crippen LogP contribution in [0, 0.1) is 0 Å². The van der Waals surface area contributed by atoms with E-state index in [4.69, 9.17) is 0 Å². The van der Waals surface area contributed by atoms with Crippen molar-refractivity contribution in [3.63, 3.8) is 0 Å². The van der Waals surface area contributed by atoms with Crippen molar-refractivity contribution >= 4 is 20.8 Å². The van der Waals surface area contributed by atoms with Gasteiger partial charge in [-0.1, -0.05) is 36.4 Å². The normalized spacial score (nSPS) is 15.3. The smallest absolute Gasteiger partial charge is 0.248 e. The fourth-order valence-corrected chi connectivity index (χ4v) is 4.56. The molecule has 3 aromatic rings. The van der Waals surface area contributed by atoms with Gasteiger partial charge in [0.2, 0.25) is 15.6 Å². The molecule has 0 spiro atoms. The minimum absolute atomic E-state index is 0.153. The summed E-state index contributed by atoms with van der Waals surface area (Å²) in [5.74, 6) is 0. The molecule has 0 fully saturated rings. The van der Waals surface area contributed by atoms with Gasteiger partial charge in [0, 0.05) is 31.3 Å². The van der Waals surface area contributed by atoms with Crippen LogP contribution >= 0.6 is 0 Å². The van der Waals surface area contributed by atoms with Gasteiger partial charge in [-0.05, 0) is 28.5 Å². The van der Waals surface area contributed by atoms with E-state index in [-0.39, 0.29) is 12.1 Å². The first-order chi connectivity index (χ1) is 11.5.